The summed E-state index contributed by atoms with van der Waals surface area (Å²) in [5.41, 5.74) is 0.910. The molecule has 0 radical (unpaired) electrons. The first-order valence-electron chi connectivity index (χ1n) is 10.8. The van der Waals surface area contributed by atoms with Gasteiger partial charge in [0.15, 0.2) is 0 Å². The zero-order valence-electron chi connectivity index (χ0n) is 17.6. The summed E-state index contributed by atoms with van der Waals surface area (Å²) in [5.74, 6) is 0.739. The molecule has 1 N–H and O–H groups in total. The van der Waals surface area contributed by atoms with Gasteiger partial charge in [-0.3, -0.25) is 9.69 Å². The Morgan fingerprint density at radius 3 is 2.39 bits per heavy atom. The highest BCUT2D eigenvalue weighted by atomic mass is 35.5. The summed E-state index contributed by atoms with van der Waals surface area (Å²) < 4.78 is 16.8. The maximum Gasteiger partial charge on any atom is 0.235 e. The summed E-state index contributed by atoms with van der Waals surface area (Å²) in [5, 5.41) is 3.70. The summed E-state index contributed by atoms with van der Waals surface area (Å²) in [7, 11) is 0. The molecule has 4 rings (SSSR count). The molecule has 2 aromatic carbocycles. The van der Waals surface area contributed by atoms with Gasteiger partial charge >= 0.3 is 0 Å². The van der Waals surface area contributed by atoms with Crippen LogP contribution in [0.15, 0.2) is 48.5 Å². The molecule has 2 heterocycles. The number of amides is 1. The molecule has 31 heavy (non-hydrogen) atoms. The van der Waals surface area contributed by atoms with Crippen molar-refractivity contribution in [3.63, 3.8) is 0 Å². The molecule has 6 nitrogen and oxygen atoms in total. The number of anilines is 1. The molecule has 0 aliphatic carbocycles. The Morgan fingerprint density at radius 2 is 1.68 bits per heavy atom. The number of nitrogens with zero attached hydrogens (tertiary/aromatic N) is 1. The fourth-order valence-corrected chi connectivity index (χ4v) is 4.51. The fourth-order valence-electron chi connectivity index (χ4n) is 4.19. The monoisotopic (exact) mass is 444 g/mol. The predicted octanol–water partition coefficient (Wildman–Crippen LogP) is 3.74. The van der Waals surface area contributed by atoms with Crippen LogP contribution in [0.25, 0.3) is 0 Å². The van der Waals surface area contributed by atoms with Crippen LogP contribution in [0.4, 0.5) is 5.69 Å². The molecule has 0 atom stereocenters. The number of carbonyl (C=O) groups is 1. The average Bonchev–Trinajstić information content (AvgIpc) is 2.81. The first-order valence-corrected chi connectivity index (χ1v) is 11.2. The number of carbonyl (C=O) groups excluding carboxylic acids is 1. The maximum absolute atomic E-state index is 13.4. The van der Waals surface area contributed by atoms with Crippen molar-refractivity contribution in [2.75, 3.05) is 58.0 Å². The Kier molecular flexibility index (Phi) is 7.45. The summed E-state index contributed by atoms with van der Waals surface area (Å²) in [6.45, 7) is 6.06. The van der Waals surface area contributed by atoms with Gasteiger partial charge in [-0.1, -0.05) is 29.8 Å². The topological polar surface area (TPSA) is 60.0 Å². The molecule has 2 aromatic rings. The van der Waals surface area contributed by atoms with Crippen molar-refractivity contribution in [1.82, 2.24) is 4.90 Å². The number of ether oxygens (including phenoxy) is 3. The molecule has 0 saturated carbocycles. The van der Waals surface area contributed by atoms with Gasteiger partial charge in [-0.2, -0.15) is 0 Å². The number of benzene rings is 2. The molecular weight excluding hydrogens is 416 g/mol. The van der Waals surface area contributed by atoms with Crippen molar-refractivity contribution < 1.29 is 19.0 Å². The zero-order chi connectivity index (χ0) is 21.5. The van der Waals surface area contributed by atoms with Crippen LogP contribution < -0.4 is 10.1 Å². The first-order chi connectivity index (χ1) is 15.2. The van der Waals surface area contributed by atoms with E-state index in [0.29, 0.717) is 37.7 Å². The summed E-state index contributed by atoms with van der Waals surface area (Å²) >= 11 is 6.47. The molecule has 0 bridgehead atoms. The van der Waals surface area contributed by atoms with Crippen molar-refractivity contribution in [2.24, 2.45) is 0 Å². The number of rotatable bonds is 7. The minimum Gasteiger partial charge on any atom is -0.492 e. The van der Waals surface area contributed by atoms with Gasteiger partial charge in [0.25, 0.3) is 0 Å². The Balaban J connectivity index is 1.38. The zero-order valence-corrected chi connectivity index (χ0v) is 18.4. The van der Waals surface area contributed by atoms with Gasteiger partial charge in [0.05, 0.1) is 18.6 Å². The lowest BCUT2D eigenvalue weighted by Gasteiger charge is -2.36. The summed E-state index contributed by atoms with van der Waals surface area (Å²) in [4.78, 5) is 15.7. The third-order valence-corrected chi connectivity index (χ3v) is 6.39. The van der Waals surface area contributed by atoms with Gasteiger partial charge < -0.3 is 19.5 Å². The molecule has 0 aromatic heterocycles. The fraction of sp³-hybridized carbons (Fsp3) is 0.458. The van der Waals surface area contributed by atoms with Crippen molar-refractivity contribution in [3.8, 4) is 5.75 Å². The molecule has 0 spiro atoms. The lowest BCUT2D eigenvalue weighted by molar-refractivity contribution is -0.125. The molecular formula is C24H29ClN2O4. The highest BCUT2D eigenvalue weighted by molar-refractivity contribution is 6.31. The van der Waals surface area contributed by atoms with Crippen LogP contribution in [0.2, 0.25) is 5.02 Å². The van der Waals surface area contributed by atoms with E-state index in [1.165, 1.54) is 0 Å². The minimum absolute atomic E-state index is 0.0510. The summed E-state index contributed by atoms with van der Waals surface area (Å²) in [6, 6.07) is 15.1. The SMILES string of the molecule is O=C(Nc1ccc(OCCN2CCOCC2)cc1)C1(c2ccccc2Cl)CCOCC1. The molecule has 2 fully saturated rings. The maximum atomic E-state index is 13.4. The predicted molar refractivity (Wildman–Crippen MR) is 121 cm³/mol. The largest absolute Gasteiger partial charge is 0.492 e. The van der Waals surface area contributed by atoms with E-state index in [2.05, 4.69) is 10.2 Å². The number of morpholine rings is 1. The number of hydrogen-bond acceptors (Lipinski definition) is 5. The standard InChI is InChI=1S/C24H29ClN2O4/c25-22-4-2-1-3-21(22)24(9-14-29-15-10-24)23(28)26-19-5-7-20(8-6-19)31-18-13-27-11-16-30-17-12-27/h1-8H,9-18H2,(H,26,28). The lowest BCUT2D eigenvalue weighted by atomic mass is 9.73. The van der Waals surface area contributed by atoms with E-state index in [9.17, 15) is 4.79 Å². The van der Waals surface area contributed by atoms with E-state index in [-0.39, 0.29) is 5.91 Å². The van der Waals surface area contributed by atoms with Gasteiger partial charge in [-0.05, 0) is 48.7 Å². The van der Waals surface area contributed by atoms with E-state index >= 15 is 0 Å². The number of hydrogen-bond donors (Lipinski definition) is 1. The second kappa shape index (κ2) is 10.5. The molecule has 166 valence electrons. The Morgan fingerprint density at radius 1 is 1.00 bits per heavy atom. The Bertz CT molecular complexity index is 862. The van der Waals surface area contributed by atoms with Crippen LogP contribution in [-0.4, -0.2) is 63.5 Å². The van der Waals surface area contributed by atoms with Crippen LogP contribution >= 0.6 is 11.6 Å². The van der Waals surface area contributed by atoms with Gasteiger partial charge in [0.1, 0.15) is 12.4 Å². The quantitative estimate of drug-likeness (QED) is 0.705. The van der Waals surface area contributed by atoms with Crippen molar-refractivity contribution in [1.29, 1.82) is 0 Å². The van der Waals surface area contributed by atoms with Crippen molar-refractivity contribution in [3.05, 3.63) is 59.1 Å². The van der Waals surface area contributed by atoms with Crippen LogP contribution in [0, 0.1) is 0 Å². The second-order valence-electron chi connectivity index (χ2n) is 7.96. The highest BCUT2D eigenvalue weighted by Crippen LogP contribution is 2.39. The van der Waals surface area contributed by atoms with Crippen molar-refractivity contribution >= 4 is 23.2 Å². The minimum atomic E-state index is -0.691. The van der Waals surface area contributed by atoms with Crippen LogP contribution in [0.1, 0.15) is 18.4 Å². The van der Waals surface area contributed by atoms with E-state index in [4.69, 9.17) is 25.8 Å². The second-order valence-corrected chi connectivity index (χ2v) is 8.36. The van der Waals surface area contributed by atoms with Gasteiger partial charge in [0, 0.05) is 43.6 Å². The third kappa shape index (κ3) is 5.39. The summed E-state index contributed by atoms with van der Waals surface area (Å²) in [6.07, 6.45) is 1.20. The van der Waals surface area contributed by atoms with E-state index < -0.39 is 5.41 Å². The van der Waals surface area contributed by atoms with E-state index in [1.54, 1.807) is 0 Å². The molecule has 7 heteroatoms. The number of halogens is 1. The van der Waals surface area contributed by atoms with Crippen molar-refractivity contribution in [2.45, 2.75) is 18.3 Å². The smallest absolute Gasteiger partial charge is 0.235 e. The van der Waals surface area contributed by atoms with Gasteiger partial charge in [0.2, 0.25) is 5.91 Å². The molecule has 2 aliphatic rings. The van der Waals surface area contributed by atoms with Crippen LogP contribution in [-0.2, 0) is 19.7 Å². The third-order valence-electron chi connectivity index (χ3n) is 6.06. The average molecular weight is 445 g/mol. The Labute approximate surface area is 188 Å². The first kappa shape index (κ1) is 22.1. The Hall–Kier alpha value is -2.12. The molecule has 2 saturated heterocycles. The molecule has 2 aliphatic heterocycles. The normalized spacial score (nSPS) is 19.0. The van der Waals surface area contributed by atoms with Gasteiger partial charge in [-0.25, -0.2) is 0 Å². The number of nitrogens with one attached hydrogen (secondary N) is 1. The van der Waals surface area contributed by atoms with Gasteiger partial charge in [-0.15, -0.1) is 0 Å². The van der Waals surface area contributed by atoms with E-state index in [1.807, 2.05) is 48.5 Å². The molecule has 1 amide bonds. The highest BCUT2D eigenvalue weighted by Gasteiger charge is 2.43. The van der Waals surface area contributed by atoms with Crippen LogP contribution in [0.5, 0.6) is 5.75 Å². The lowest BCUT2D eigenvalue weighted by Crippen LogP contribution is -2.45. The van der Waals surface area contributed by atoms with Crippen LogP contribution in [0.3, 0.4) is 0 Å². The molecule has 0 unspecified atom stereocenters. The van der Waals surface area contributed by atoms with E-state index in [0.717, 1.165) is 49.8 Å².